The molecule has 0 spiro atoms. The maximum absolute atomic E-state index is 6.47. The summed E-state index contributed by atoms with van der Waals surface area (Å²) in [6.45, 7) is 2.29. The molecule has 2 aliphatic rings. The van der Waals surface area contributed by atoms with Gasteiger partial charge in [-0.1, -0.05) is 79.9 Å². The second-order valence-electron chi connectivity index (χ2n) is 14.7. The van der Waals surface area contributed by atoms with Crippen molar-refractivity contribution in [3.05, 3.63) is 126 Å². The Labute approximate surface area is 326 Å². The minimum atomic E-state index is 0. The zero-order valence-corrected chi connectivity index (χ0v) is 32.7. The van der Waals surface area contributed by atoms with Crippen LogP contribution in [0.1, 0.15) is 92.7 Å². The van der Waals surface area contributed by atoms with Crippen LogP contribution in [0.2, 0.25) is 0 Å². The van der Waals surface area contributed by atoms with Crippen LogP contribution in [0.3, 0.4) is 0 Å². The van der Waals surface area contributed by atoms with Crippen molar-refractivity contribution < 1.29 is 30.5 Å². The minimum Gasteiger partial charge on any atom is -0.509 e. The molecule has 3 aromatic heterocycles. The predicted octanol–water partition coefficient (Wildman–Crippen LogP) is 11.8. The van der Waals surface area contributed by atoms with Crippen molar-refractivity contribution in [2.45, 2.75) is 83.0 Å². The first-order chi connectivity index (χ1) is 25.6. The fraction of sp³-hybridized carbons (Fsp3) is 0.304. The van der Waals surface area contributed by atoms with E-state index in [1.165, 1.54) is 92.0 Å². The summed E-state index contributed by atoms with van der Waals surface area (Å²) in [4.78, 5) is 4.69. The fourth-order valence-corrected chi connectivity index (χ4v) is 8.80. The van der Waals surface area contributed by atoms with Gasteiger partial charge in [-0.3, -0.25) is 4.68 Å². The molecule has 53 heavy (non-hydrogen) atoms. The van der Waals surface area contributed by atoms with Gasteiger partial charge in [-0.05, 0) is 84.3 Å². The van der Waals surface area contributed by atoms with Crippen LogP contribution >= 0.6 is 0 Å². The Hall–Kier alpha value is -4.67. The van der Waals surface area contributed by atoms with E-state index in [1.807, 2.05) is 47.1 Å². The van der Waals surface area contributed by atoms with Crippen LogP contribution in [0.5, 0.6) is 17.2 Å². The van der Waals surface area contributed by atoms with Gasteiger partial charge in [0.1, 0.15) is 11.6 Å². The number of hydrogen-bond acceptors (Lipinski definition) is 4. The number of fused-ring (bicyclic) bond motifs is 3. The third-order valence-corrected chi connectivity index (χ3v) is 11.3. The van der Waals surface area contributed by atoms with Crippen LogP contribution in [0.25, 0.3) is 44.4 Å². The monoisotopic (exact) mass is 879 g/mol. The van der Waals surface area contributed by atoms with Gasteiger partial charge in [0, 0.05) is 41.0 Å². The van der Waals surface area contributed by atoms with Crippen molar-refractivity contribution in [1.29, 1.82) is 0 Å². The molecule has 3 heterocycles. The fourth-order valence-electron chi connectivity index (χ4n) is 8.80. The van der Waals surface area contributed by atoms with Crippen LogP contribution < -0.4 is 9.47 Å². The number of aryl methyl sites for hydroxylation is 1. The first kappa shape index (κ1) is 35.4. The van der Waals surface area contributed by atoms with E-state index in [2.05, 4.69) is 77.4 Å². The molecule has 270 valence electrons. The number of nitrogens with zero attached hydrogens (tertiary/aromatic N) is 4. The van der Waals surface area contributed by atoms with E-state index in [1.54, 1.807) is 13.3 Å². The predicted molar refractivity (Wildman–Crippen MR) is 208 cm³/mol. The molecular formula is C46H44N4O2Pt. The average molecular weight is 880 g/mol. The number of pyridine rings is 1. The smallest absolute Gasteiger partial charge is 0.509 e. The second-order valence-corrected chi connectivity index (χ2v) is 14.7. The first-order valence-corrected chi connectivity index (χ1v) is 19.0. The average Bonchev–Trinajstić information content (AvgIpc) is 3.82. The van der Waals surface area contributed by atoms with Gasteiger partial charge < -0.3 is 14.0 Å². The molecule has 0 N–H and O–H groups in total. The van der Waals surface area contributed by atoms with Crippen LogP contribution in [0, 0.1) is 19.1 Å². The van der Waals surface area contributed by atoms with E-state index in [9.17, 15) is 0 Å². The Morgan fingerprint density at radius 2 is 1.45 bits per heavy atom. The van der Waals surface area contributed by atoms with Gasteiger partial charge in [-0.15, -0.1) is 35.7 Å². The van der Waals surface area contributed by atoms with Gasteiger partial charge in [-0.2, -0.15) is 17.2 Å². The maximum Gasteiger partial charge on any atom is 2.00 e. The molecule has 6 nitrogen and oxygen atoms in total. The summed E-state index contributed by atoms with van der Waals surface area (Å²) in [7, 11) is 1.67. The maximum atomic E-state index is 6.47. The third kappa shape index (κ3) is 6.95. The van der Waals surface area contributed by atoms with Gasteiger partial charge in [0.25, 0.3) is 0 Å². The number of hydrogen-bond donors (Lipinski definition) is 0. The molecule has 0 radical (unpaired) electrons. The van der Waals surface area contributed by atoms with Crippen molar-refractivity contribution in [2.24, 2.45) is 0 Å². The number of aromatic nitrogens is 4. The number of rotatable bonds is 8. The van der Waals surface area contributed by atoms with Crippen molar-refractivity contribution in [3.8, 4) is 39.9 Å². The van der Waals surface area contributed by atoms with E-state index in [-0.39, 0.29) is 21.1 Å². The summed E-state index contributed by atoms with van der Waals surface area (Å²) in [6.07, 6.45) is 19.2. The Bertz CT molecular complexity index is 2340. The molecule has 2 saturated carbocycles. The van der Waals surface area contributed by atoms with Gasteiger partial charge in [0.2, 0.25) is 0 Å². The quantitative estimate of drug-likeness (QED) is 0.143. The van der Waals surface area contributed by atoms with Crippen molar-refractivity contribution >= 4 is 21.8 Å². The van der Waals surface area contributed by atoms with Gasteiger partial charge >= 0.3 is 21.1 Å². The summed E-state index contributed by atoms with van der Waals surface area (Å²) in [5.41, 5.74) is 9.87. The number of ether oxygens (including phenoxy) is 2. The molecule has 9 rings (SSSR count). The van der Waals surface area contributed by atoms with E-state index in [0.29, 0.717) is 23.3 Å². The molecule has 0 bridgehead atoms. The Balaban J connectivity index is 0.00000400. The second kappa shape index (κ2) is 15.4. The summed E-state index contributed by atoms with van der Waals surface area (Å²) in [5, 5.41) is 7.13. The SMILES string of the molecule is COc1ccnc(-n2c3[c-]c(Oc4[c-]c(-n5cc(-c6c(C7CCCCC7)cc(C)cc6C6CCCCC6)cn5)ccc4)ccc3c3ccccc32)c1.[Pt+2]. The summed E-state index contributed by atoms with van der Waals surface area (Å²) in [6, 6.07) is 34.2. The molecule has 0 saturated heterocycles. The summed E-state index contributed by atoms with van der Waals surface area (Å²) >= 11 is 0. The van der Waals surface area contributed by atoms with Crippen LogP contribution in [-0.4, -0.2) is 26.4 Å². The zero-order chi connectivity index (χ0) is 35.0. The minimum absolute atomic E-state index is 0. The Kier molecular flexibility index (Phi) is 10.2. The summed E-state index contributed by atoms with van der Waals surface area (Å²) < 4.78 is 16.1. The van der Waals surface area contributed by atoms with Gasteiger partial charge in [0.15, 0.2) is 0 Å². The van der Waals surface area contributed by atoms with Crippen molar-refractivity contribution in [3.63, 3.8) is 0 Å². The van der Waals surface area contributed by atoms with E-state index < -0.39 is 0 Å². The molecule has 0 aliphatic heterocycles. The third-order valence-electron chi connectivity index (χ3n) is 11.3. The summed E-state index contributed by atoms with van der Waals surface area (Å²) in [5.74, 6) is 3.94. The van der Waals surface area contributed by atoms with Crippen molar-refractivity contribution in [1.82, 2.24) is 19.3 Å². The molecule has 0 atom stereocenters. The molecule has 4 aromatic carbocycles. The molecule has 0 unspecified atom stereocenters. The van der Waals surface area contributed by atoms with Gasteiger partial charge in [0.05, 0.1) is 13.3 Å². The first-order valence-electron chi connectivity index (χ1n) is 19.0. The number of para-hydroxylation sites is 1. The van der Waals surface area contributed by atoms with E-state index in [4.69, 9.17) is 14.6 Å². The largest absolute Gasteiger partial charge is 2.00 e. The normalized spacial score (nSPS) is 15.4. The Morgan fingerprint density at radius 3 is 2.19 bits per heavy atom. The standard InChI is InChI=1S/C46H44N4O2.Pt/c1-31-24-41(32-12-5-3-6-13-32)46(42(25-31)33-14-7-4-8-15-33)34-29-48-49(30-34)35-16-11-17-37(26-35)52-38-20-21-40-39-18-9-10-19-43(39)50(44(40)27-38)45-28-36(51-2)22-23-47-45;/h9-11,16-25,28-30,32-33H,3-8,12-15H2,1-2H3;/q-2;+2. The molecule has 0 amide bonds. The van der Waals surface area contributed by atoms with Gasteiger partial charge in [-0.25, -0.2) is 4.98 Å². The molecule has 7 heteroatoms. The topological polar surface area (TPSA) is 54.1 Å². The van der Waals surface area contributed by atoms with Crippen LogP contribution in [0.15, 0.2) is 97.5 Å². The number of benzene rings is 4. The zero-order valence-electron chi connectivity index (χ0n) is 30.4. The van der Waals surface area contributed by atoms with E-state index in [0.717, 1.165) is 39.1 Å². The molecule has 2 aliphatic carbocycles. The molecule has 7 aromatic rings. The van der Waals surface area contributed by atoms with E-state index >= 15 is 0 Å². The van der Waals surface area contributed by atoms with Crippen LogP contribution in [0.4, 0.5) is 0 Å². The molecular weight excluding hydrogens is 836 g/mol. The van der Waals surface area contributed by atoms with Crippen molar-refractivity contribution in [2.75, 3.05) is 7.11 Å². The molecule has 2 fully saturated rings. The number of methoxy groups -OCH3 is 1. The van der Waals surface area contributed by atoms with Crippen LogP contribution in [-0.2, 0) is 21.1 Å². The Morgan fingerprint density at radius 1 is 0.736 bits per heavy atom.